The fourth-order valence-corrected chi connectivity index (χ4v) is 2.92. The van der Waals surface area contributed by atoms with Crippen molar-refractivity contribution in [3.8, 4) is 0 Å². The van der Waals surface area contributed by atoms with E-state index in [9.17, 15) is 0 Å². The van der Waals surface area contributed by atoms with Crippen LogP contribution in [0.15, 0.2) is 42.6 Å². The summed E-state index contributed by atoms with van der Waals surface area (Å²) in [6.07, 6.45) is 4.10. The number of aryl methyl sites for hydroxylation is 1. The maximum Gasteiger partial charge on any atom is 0.121 e. The van der Waals surface area contributed by atoms with Crippen molar-refractivity contribution in [1.82, 2.24) is 20.3 Å². The van der Waals surface area contributed by atoms with Gasteiger partial charge >= 0.3 is 0 Å². The first kappa shape index (κ1) is 11.6. The highest BCUT2D eigenvalue weighted by Crippen LogP contribution is 2.28. The van der Waals surface area contributed by atoms with Crippen LogP contribution in [0.2, 0.25) is 0 Å². The second-order valence-electron chi connectivity index (χ2n) is 5.22. The molecule has 0 bridgehead atoms. The molecule has 0 saturated heterocycles. The summed E-state index contributed by atoms with van der Waals surface area (Å²) in [6, 6.07) is 12.7. The standard InChI is InChI=1S/C16H16N4/c1-2-6-13-12(5-1)19-15(20-13)10-18-14-8-7-11-4-3-9-17-16(11)14/h1-6,9,14,18H,7-8,10H2,(H,19,20). The lowest BCUT2D eigenvalue weighted by Crippen LogP contribution is -2.20. The van der Waals surface area contributed by atoms with Crippen LogP contribution < -0.4 is 5.32 Å². The van der Waals surface area contributed by atoms with Gasteiger partial charge in [-0.05, 0) is 36.6 Å². The highest BCUT2D eigenvalue weighted by molar-refractivity contribution is 5.74. The third-order valence-electron chi connectivity index (χ3n) is 3.91. The van der Waals surface area contributed by atoms with Crippen molar-refractivity contribution in [2.45, 2.75) is 25.4 Å². The van der Waals surface area contributed by atoms with Crippen molar-refractivity contribution in [2.75, 3.05) is 0 Å². The van der Waals surface area contributed by atoms with E-state index in [0.717, 1.165) is 36.2 Å². The number of fused-ring (bicyclic) bond motifs is 2. The van der Waals surface area contributed by atoms with E-state index in [4.69, 9.17) is 0 Å². The van der Waals surface area contributed by atoms with Gasteiger partial charge in [-0.2, -0.15) is 0 Å². The Hall–Kier alpha value is -2.20. The molecule has 0 amide bonds. The van der Waals surface area contributed by atoms with Crippen molar-refractivity contribution in [2.24, 2.45) is 0 Å². The van der Waals surface area contributed by atoms with Crippen LogP contribution in [0.5, 0.6) is 0 Å². The fourth-order valence-electron chi connectivity index (χ4n) is 2.92. The molecule has 0 radical (unpaired) electrons. The third kappa shape index (κ3) is 1.98. The van der Waals surface area contributed by atoms with E-state index in [-0.39, 0.29) is 0 Å². The van der Waals surface area contributed by atoms with E-state index in [1.165, 1.54) is 11.3 Å². The predicted octanol–water partition coefficient (Wildman–Crippen LogP) is 2.74. The Bertz CT molecular complexity index is 714. The fraction of sp³-hybridized carbons (Fsp3) is 0.250. The number of hydrogen-bond donors (Lipinski definition) is 2. The number of aromatic amines is 1. The molecule has 0 spiro atoms. The van der Waals surface area contributed by atoms with Crippen molar-refractivity contribution < 1.29 is 0 Å². The van der Waals surface area contributed by atoms with Crippen molar-refractivity contribution in [3.05, 3.63) is 59.7 Å². The van der Waals surface area contributed by atoms with Crippen molar-refractivity contribution in [3.63, 3.8) is 0 Å². The van der Waals surface area contributed by atoms with Gasteiger partial charge in [0.2, 0.25) is 0 Å². The predicted molar refractivity (Wildman–Crippen MR) is 78.2 cm³/mol. The van der Waals surface area contributed by atoms with Gasteiger partial charge in [0.15, 0.2) is 0 Å². The molecule has 4 rings (SSSR count). The number of hydrogen-bond acceptors (Lipinski definition) is 3. The molecule has 0 fully saturated rings. The summed E-state index contributed by atoms with van der Waals surface area (Å²) in [6.45, 7) is 0.745. The number of rotatable bonds is 3. The molecule has 0 saturated carbocycles. The van der Waals surface area contributed by atoms with Gasteiger partial charge in [0.25, 0.3) is 0 Å². The molecule has 2 N–H and O–H groups in total. The summed E-state index contributed by atoms with van der Waals surface area (Å²) in [5.41, 5.74) is 4.68. The lowest BCUT2D eigenvalue weighted by molar-refractivity contribution is 0.513. The summed E-state index contributed by atoms with van der Waals surface area (Å²) in [5.74, 6) is 0.982. The largest absolute Gasteiger partial charge is 0.341 e. The monoisotopic (exact) mass is 264 g/mol. The zero-order chi connectivity index (χ0) is 13.4. The van der Waals surface area contributed by atoms with Gasteiger partial charge in [0, 0.05) is 6.20 Å². The lowest BCUT2D eigenvalue weighted by Gasteiger charge is -2.11. The maximum atomic E-state index is 4.59. The van der Waals surface area contributed by atoms with Crippen LogP contribution >= 0.6 is 0 Å². The number of imidazole rings is 1. The molecule has 2 heterocycles. The molecule has 1 atom stereocenters. The SMILES string of the molecule is c1cnc2c(c1)CCC2NCc1nc2ccccc2[nH]1. The molecule has 2 aromatic heterocycles. The summed E-state index contributed by atoms with van der Waals surface area (Å²) in [4.78, 5) is 12.4. The molecule has 1 aromatic carbocycles. The van der Waals surface area contributed by atoms with E-state index >= 15 is 0 Å². The maximum absolute atomic E-state index is 4.59. The van der Waals surface area contributed by atoms with Crippen molar-refractivity contribution in [1.29, 1.82) is 0 Å². The number of para-hydroxylation sites is 2. The zero-order valence-electron chi connectivity index (χ0n) is 11.1. The number of aromatic nitrogens is 3. The number of H-pyrrole nitrogens is 1. The van der Waals surface area contributed by atoms with Crippen LogP contribution in [0.4, 0.5) is 0 Å². The van der Waals surface area contributed by atoms with Gasteiger partial charge in [-0.15, -0.1) is 0 Å². The molecule has 4 nitrogen and oxygen atoms in total. The summed E-state index contributed by atoms with van der Waals surface area (Å²) < 4.78 is 0. The molecular weight excluding hydrogens is 248 g/mol. The van der Waals surface area contributed by atoms with E-state index in [0.29, 0.717) is 6.04 Å². The third-order valence-corrected chi connectivity index (χ3v) is 3.91. The van der Waals surface area contributed by atoms with E-state index < -0.39 is 0 Å². The average molecular weight is 264 g/mol. The Morgan fingerprint density at radius 3 is 3.10 bits per heavy atom. The molecule has 20 heavy (non-hydrogen) atoms. The van der Waals surface area contributed by atoms with E-state index in [1.54, 1.807) is 0 Å². The first-order valence-electron chi connectivity index (χ1n) is 7.01. The van der Waals surface area contributed by atoms with Gasteiger partial charge in [-0.1, -0.05) is 18.2 Å². The highest BCUT2D eigenvalue weighted by atomic mass is 15.0. The van der Waals surface area contributed by atoms with Crippen molar-refractivity contribution >= 4 is 11.0 Å². The smallest absolute Gasteiger partial charge is 0.121 e. The molecule has 0 aliphatic heterocycles. The van der Waals surface area contributed by atoms with Crippen LogP contribution in [0.1, 0.15) is 29.5 Å². The number of benzene rings is 1. The summed E-state index contributed by atoms with van der Waals surface area (Å²) >= 11 is 0. The van der Waals surface area contributed by atoms with Gasteiger partial charge in [-0.25, -0.2) is 4.98 Å². The van der Waals surface area contributed by atoms with Crippen LogP contribution in [-0.4, -0.2) is 15.0 Å². The number of pyridine rings is 1. The quantitative estimate of drug-likeness (QED) is 0.764. The normalized spacial score (nSPS) is 17.5. The minimum absolute atomic E-state index is 0.347. The first-order valence-corrected chi connectivity index (χ1v) is 7.01. The first-order chi connectivity index (χ1) is 9.90. The molecule has 3 aromatic rings. The summed E-state index contributed by atoms with van der Waals surface area (Å²) in [5, 5.41) is 3.56. The van der Waals surface area contributed by atoms with Crippen LogP contribution in [0.25, 0.3) is 11.0 Å². The van der Waals surface area contributed by atoms with E-state index in [2.05, 4.69) is 32.4 Å². The number of nitrogens with one attached hydrogen (secondary N) is 2. The Labute approximate surface area is 117 Å². The van der Waals surface area contributed by atoms with Gasteiger partial charge < -0.3 is 10.3 Å². The Balaban J connectivity index is 1.51. The van der Waals surface area contributed by atoms with Crippen LogP contribution in [-0.2, 0) is 13.0 Å². The molecule has 4 heteroatoms. The summed E-state index contributed by atoms with van der Waals surface area (Å²) in [7, 11) is 0. The topological polar surface area (TPSA) is 53.6 Å². The van der Waals surface area contributed by atoms with Gasteiger partial charge in [0.1, 0.15) is 5.82 Å². The average Bonchev–Trinajstić information content (AvgIpc) is 3.08. The molecule has 1 aliphatic rings. The molecular formula is C16H16N4. The molecule has 1 aliphatic carbocycles. The van der Waals surface area contributed by atoms with Gasteiger partial charge in [0.05, 0.1) is 29.3 Å². The second-order valence-corrected chi connectivity index (χ2v) is 5.22. The van der Waals surface area contributed by atoms with E-state index in [1.807, 2.05) is 30.5 Å². The number of nitrogens with zero attached hydrogens (tertiary/aromatic N) is 2. The zero-order valence-corrected chi connectivity index (χ0v) is 11.1. The molecule has 1 unspecified atom stereocenters. The van der Waals surface area contributed by atoms with Crippen LogP contribution in [0.3, 0.4) is 0 Å². The molecule has 100 valence electrons. The Morgan fingerprint density at radius 1 is 1.20 bits per heavy atom. The lowest BCUT2D eigenvalue weighted by atomic mass is 10.2. The second kappa shape index (κ2) is 4.72. The minimum Gasteiger partial charge on any atom is -0.341 e. The van der Waals surface area contributed by atoms with Crippen LogP contribution in [0, 0.1) is 0 Å². The van der Waals surface area contributed by atoms with Gasteiger partial charge in [-0.3, -0.25) is 4.98 Å². The minimum atomic E-state index is 0.347. The highest BCUT2D eigenvalue weighted by Gasteiger charge is 2.23. The Kier molecular flexibility index (Phi) is 2.74. The Morgan fingerprint density at radius 2 is 2.15 bits per heavy atom.